The molecule has 2 rings (SSSR count). The standard InChI is InChI=1S/C9H8BFN2O/c1-4-3-5(4)7(14)6-8(10-2)13-9(11)12-6/h2-3H2,1H3,(H,12,13). The molecule has 14 heavy (non-hydrogen) atoms. The molecule has 0 bridgehead atoms. The molecule has 0 unspecified atom stereocenters. The molecule has 1 aliphatic rings. The van der Waals surface area contributed by atoms with Crippen LogP contribution in [0.2, 0.25) is 0 Å². The number of aromatic nitrogens is 2. The number of H-pyrrole nitrogens is 1. The second kappa shape index (κ2) is 3.01. The minimum absolute atomic E-state index is 0.172. The quantitative estimate of drug-likeness (QED) is 0.547. The van der Waals surface area contributed by atoms with E-state index in [0.29, 0.717) is 0 Å². The number of halogens is 1. The van der Waals surface area contributed by atoms with Crippen LogP contribution in [0.25, 0.3) is 0 Å². The van der Waals surface area contributed by atoms with Gasteiger partial charge in [0.2, 0.25) is 0 Å². The molecule has 0 saturated carbocycles. The van der Waals surface area contributed by atoms with Gasteiger partial charge < -0.3 is 0 Å². The number of aromatic amines is 1. The Labute approximate surface area is 81.0 Å². The van der Waals surface area contributed by atoms with Crippen LogP contribution < -0.4 is 5.59 Å². The van der Waals surface area contributed by atoms with Crippen LogP contribution in [0.4, 0.5) is 4.39 Å². The van der Waals surface area contributed by atoms with Crippen molar-refractivity contribution in [1.82, 2.24) is 9.97 Å². The Morgan fingerprint density at radius 2 is 2.36 bits per heavy atom. The molecule has 70 valence electrons. The van der Waals surface area contributed by atoms with Crippen LogP contribution in [-0.2, 0) is 0 Å². The SMILES string of the molecule is C=Bc1nc(F)[nH]c1C(=O)C1=C(C)C1. The van der Waals surface area contributed by atoms with Crippen LogP contribution >= 0.6 is 0 Å². The molecule has 0 aliphatic heterocycles. The fourth-order valence-corrected chi connectivity index (χ4v) is 1.32. The summed E-state index contributed by atoms with van der Waals surface area (Å²) in [5.74, 6) is -0.172. The van der Waals surface area contributed by atoms with Crippen LogP contribution in [0.1, 0.15) is 23.8 Å². The van der Waals surface area contributed by atoms with Crippen LogP contribution in [0.3, 0.4) is 0 Å². The molecule has 1 heterocycles. The first-order valence-corrected chi connectivity index (χ1v) is 4.24. The third kappa shape index (κ3) is 1.34. The zero-order valence-corrected chi connectivity index (χ0v) is 7.72. The monoisotopic (exact) mass is 190 g/mol. The van der Waals surface area contributed by atoms with E-state index in [9.17, 15) is 9.18 Å². The molecule has 0 fully saturated rings. The Hall–Kier alpha value is -1.52. The molecule has 3 nitrogen and oxygen atoms in total. The predicted molar refractivity (Wildman–Crippen MR) is 52.7 cm³/mol. The Bertz CT molecular complexity index is 461. The molecule has 1 aromatic heterocycles. The van der Waals surface area contributed by atoms with Crippen molar-refractivity contribution in [3.8, 4) is 0 Å². The predicted octanol–water partition coefficient (Wildman–Crippen LogP) is 0.213. The van der Waals surface area contributed by atoms with Gasteiger partial charge in [-0.25, -0.2) is 0 Å². The van der Waals surface area contributed by atoms with E-state index in [1.165, 1.54) is 6.92 Å². The first-order chi connectivity index (χ1) is 6.63. The van der Waals surface area contributed by atoms with Crippen LogP contribution in [0, 0.1) is 6.08 Å². The van der Waals surface area contributed by atoms with Gasteiger partial charge in [0.1, 0.15) is 0 Å². The third-order valence-corrected chi connectivity index (χ3v) is 2.23. The number of rotatable bonds is 3. The summed E-state index contributed by atoms with van der Waals surface area (Å²) >= 11 is 0. The second-order valence-electron chi connectivity index (χ2n) is 3.26. The van der Waals surface area contributed by atoms with E-state index in [-0.39, 0.29) is 17.1 Å². The molecule has 0 spiro atoms. The number of nitrogens with zero attached hydrogens (tertiary/aromatic N) is 1. The summed E-state index contributed by atoms with van der Waals surface area (Å²) in [5, 5.41) is 0. The number of imidazole rings is 1. The fourth-order valence-electron chi connectivity index (χ4n) is 1.32. The summed E-state index contributed by atoms with van der Waals surface area (Å²) in [6.45, 7) is 6.72. The van der Waals surface area contributed by atoms with E-state index in [2.05, 4.69) is 16.4 Å². The van der Waals surface area contributed by atoms with E-state index < -0.39 is 6.08 Å². The Kier molecular flexibility index (Phi) is 1.95. The van der Waals surface area contributed by atoms with Gasteiger partial charge in [-0.1, -0.05) is 0 Å². The van der Waals surface area contributed by atoms with Crippen LogP contribution in [-0.4, -0.2) is 29.1 Å². The summed E-state index contributed by atoms with van der Waals surface area (Å²) in [5.41, 5.74) is 2.28. The molecule has 0 aromatic carbocycles. The summed E-state index contributed by atoms with van der Waals surface area (Å²) < 4.78 is 12.7. The number of carbonyl (C=O) groups is 1. The molecule has 5 heteroatoms. The number of carbonyl (C=O) groups excluding carboxylic acids is 1. The van der Waals surface area contributed by atoms with Gasteiger partial charge in [0, 0.05) is 0 Å². The van der Waals surface area contributed by atoms with Gasteiger partial charge in [-0.3, -0.25) is 0 Å². The number of ketones is 1. The average molecular weight is 190 g/mol. The van der Waals surface area contributed by atoms with Crippen molar-refractivity contribution in [2.24, 2.45) is 0 Å². The summed E-state index contributed by atoms with van der Waals surface area (Å²) in [4.78, 5) is 17.5. The van der Waals surface area contributed by atoms with E-state index in [4.69, 9.17) is 0 Å². The Morgan fingerprint density at radius 3 is 2.86 bits per heavy atom. The second-order valence-corrected chi connectivity index (χ2v) is 3.26. The zero-order valence-electron chi connectivity index (χ0n) is 7.72. The van der Waals surface area contributed by atoms with Crippen molar-refractivity contribution >= 4 is 24.8 Å². The molecule has 0 amide bonds. The summed E-state index contributed by atoms with van der Waals surface area (Å²) in [6, 6.07) is 0. The maximum absolute atomic E-state index is 12.7. The normalized spacial score (nSPS) is 14.1. The van der Waals surface area contributed by atoms with Crippen molar-refractivity contribution in [3.05, 3.63) is 22.9 Å². The van der Waals surface area contributed by atoms with Gasteiger partial charge in [-0.05, 0) is 0 Å². The average Bonchev–Trinajstić information content (AvgIpc) is 2.74. The Balaban J connectivity index is 2.40. The number of allylic oxidation sites excluding steroid dienone is 2. The molecule has 1 aromatic rings. The molecule has 0 saturated heterocycles. The van der Waals surface area contributed by atoms with Crippen LogP contribution in [0.5, 0.6) is 0 Å². The van der Waals surface area contributed by atoms with Gasteiger partial charge in [-0.15, -0.1) is 0 Å². The molecule has 0 radical (unpaired) electrons. The summed E-state index contributed by atoms with van der Waals surface area (Å²) in [7, 11) is 0. The maximum atomic E-state index is 12.7. The van der Waals surface area contributed by atoms with Crippen molar-refractivity contribution in [2.45, 2.75) is 13.3 Å². The van der Waals surface area contributed by atoms with Gasteiger partial charge in [0.05, 0.1) is 0 Å². The van der Waals surface area contributed by atoms with Gasteiger partial charge in [0.25, 0.3) is 0 Å². The Morgan fingerprint density at radius 1 is 1.71 bits per heavy atom. The number of hydrogen-bond donors (Lipinski definition) is 1. The number of nitrogens with one attached hydrogen (secondary N) is 1. The van der Waals surface area contributed by atoms with E-state index >= 15 is 0 Å². The topological polar surface area (TPSA) is 45.8 Å². The number of Topliss-reactive ketones (excluding diaryl/α,β-unsaturated/α-hetero) is 1. The third-order valence-electron chi connectivity index (χ3n) is 2.23. The molecule has 1 N–H and O–H groups in total. The van der Waals surface area contributed by atoms with Gasteiger partial charge in [0.15, 0.2) is 0 Å². The summed E-state index contributed by atoms with van der Waals surface area (Å²) in [6.07, 6.45) is -0.0297. The van der Waals surface area contributed by atoms with E-state index in [1.54, 1.807) is 0 Å². The first-order valence-electron chi connectivity index (χ1n) is 4.24. The molecular formula is C9H8BFN2O. The van der Waals surface area contributed by atoms with Gasteiger partial charge >= 0.3 is 80.2 Å². The minimum atomic E-state index is -0.748. The van der Waals surface area contributed by atoms with Crippen LogP contribution in [0.15, 0.2) is 11.1 Å². The van der Waals surface area contributed by atoms with Crippen molar-refractivity contribution in [3.63, 3.8) is 0 Å². The van der Waals surface area contributed by atoms with Crippen molar-refractivity contribution in [2.75, 3.05) is 0 Å². The zero-order chi connectivity index (χ0) is 10.3. The first kappa shape index (κ1) is 9.06. The molecular weight excluding hydrogens is 182 g/mol. The van der Waals surface area contributed by atoms with E-state index in [0.717, 1.165) is 17.6 Å². The molecule has 1 aliphatic carbocycles. The van der Waals surface area contributed by atoms with Crippen molar-refractivity contribution in [1.29, 1.82) is 0 Å². The van der Waals surface area contributed by atoms with E-state index in [1.807, 2.05) is 6.92 Å². The van der Waals surface area contributed by atoms with Crippen molar-refractivity contribution < 1.29 is 9.18 Å². The molecule has 0 atom stereocenters. The van der Waals surface area contributed by atoms with Gasteiger partial charge in [-0.2, -0.15) is 0 Å². The number of hydrogen-bond acceptors (Lipinski definition) is 2. The fraction of sp³-hybridized carbons (Fsp3) is 0.222.